The van der Waals surface area contributed by atoms with Crippen LogP contribution in [0.15, 0.2) is 33.6 Å². The molecule has 1 aromatic rings. The standard InChI is InChI=1S/C11H16BrNOS/c1-2-14-10(7-13)8-15-11-5-3-4-9(12)6-11/h3-6,10H,2,7-8,13H2,1H3. The molecule has 0 aliphatic heterocycles. The summed E-state index contributed by atoms with van der Waals surface area (Å²) in [6.45, 7) is 3.29. The van der Waals surface area contributed by atoms with Crippen molar-refractivity contribution in [1.29, 1.82) is 0 Å². The third kappa shape index (κ3) is 5.02. The smallest absolute Gasteiger partial charge is 0.0790 e. The van der Waals surface area contributed by atoms with Crippen LogP contribution in [0.1, 0.15) is 6.92 Å². The van der Waals surface area contributed by atoms with Crippen molar-refractivity contribution in [3.63, 3.8) is 0 Å². The molecule has 1 rings (SSSR count). The summed E-state index contributed by atoms with van der Waals surface area (Å²) in [5, 5.41) is 0. The van der Waals surface area contributed by atoms with Crippen molar-refractivity contribution >= 4 is 27.7 Å². The van der Waals surface area contributed by atoms with Gasteiger partial charge in [-0.25, -0.2) is 0 Å². The summed E-state index contributed by atoms with van der Waals surface area (Å²) in [7, 11) is 0. The Labute approximate surface area is 104 Å². The Kier molecular flexibility index (Phi) is 6.32. The van der Waals surface area contributed by atoms with Gasteiger partial charge in [-0.2, -0.15) is 0 Å². The van der Waals surface area contributed by atoms with E-state index in [1.807, 2.05) is 19.1 Å². The van der Waals surface area contributed by atoms with Gasteiger partial charge < -0.3 is 10.5 Å². The van der Waals surface area contributed by atoms with Crippen molar-refractivity contribution in [1.82, 2.24) is 0 Å². The van der Waals surface area contributed by atoms with Gasteiger partial charge in [0.2, 0.25) is 0 Å². The number of rotatable bonds is 6. The zero-order valence-corrected chi connectivity index (χ0v) is 11.2. The highest BCUT2D eigenvalue weighted by atomic mass is 79.9. The van der Waals surface area contributed by atoms with E-state index < -0.39 is 0 Å². The summed E-state index contributed by atoms with van der Waals surface area (Å²) in [4.78, 5) is 1.24. The molecule has 0 fully saturated rings. The Hall–Kier alpha value is -0.0300. The van der Waals surface area contributed by atoms with E-state index >= 15 is 0 Å². The molecular formula is C11H16BrNOS. The first-order valence-corrected chi connectivity index (χ1v) is 6.74. The van der Waals surface area contributed by atoms with Crippen LogP contribution in [-0.2, 0) is 4.74 Å². The number of nitrogens with two attached hydrogens (primary N) is 1. The van der Waals surface area contributed by atoms with Gasteiger partial charge in [0.15, 0.2) is 0 Å². The Morgan fingerprint density at radius 2 is 2.33 bits per heavy atom. The van der Waals surface area contributed by atoms with Gasteiger partial charge in [-0.3, -0.25) is 0 Å². The van der Waals surface area contributed by atoms with Crippen LogP contribution < -0.4 is 5.73 Å². The van der Waals surface area contributed by atoms with Crippen LogP contribution in [0.25, 0.3) is 0 Å². The van der Waals surface area contributed by atoms with Gasteiger partial charge in [0.1, 0.15) is 0 Å². The van der Waals surface area contributed by atoms with E-state index in [-0.39, 0.29) is 6.10 Å². The minimum absolute atomic E-state index is 0.152. The predicted molar refractivity (Wildman–Crippen MR) is 69.3 cm³/mol. The highest BCUT2D eigenvalue weighted by molar-refractivity contribution is 9.10. The number of thioether (sulfide) groups is 1. The predicted octanol–water partition coefficient (Wildman–Crippen LogP) is 2.91. The number of halogens is 1. The molecule has 0 amide bonds. The first-order chi connectivity index (χ1) is 7.26. The Morgan fingerprint density at radius 3 is 2.93 bits per heavy atom. The van der Waals surface area contributed by atoms with Gasteiger partial charge in [0, 0.05) is 28.3 Å². The van der Waals surface area contributed by atoms with Crippen molar-refractivity contribution in [2.75, 3.05) is 18.9 Å². The number of ether oxygens (including phenoxy) is 1. The van der Waals surface area contributed by atoms with E-state index in [0.29, 0.717) is 6.54 Å². The van der Waals surface area contributed by atoms with E-state index in [2.05, 4.69) is 28.1 Å². The maximum atomic E-state index is 5.61. The van der Waals surface area contributed by atoms with Crippen LogP contribution >= 0.6 is 27.7 Å². The zero-order valence-electron chi connectivity index (χ0n) is 8.78. The molecule has 0 saturated heterocycles. The first kappa shape index (κ1) is 13.0. The molecule has 0 aliphatic carbocycles. The van der Waals surface area contributed by atoms with E-state index in [1.54, 1.807) is 11.8 Å². The van der Waals surface area contributed by atoms with Crippen molar-refractivity contribution in [2.45, 2.75) is 17.9 Å². The van der Waals surface area contributed by atoms with Gasteiger partial charge in [0.05, 0.1) is 6.10 Å². The lowest BCUT2D eigenvalue weighted by atomic mass is 10.4. The summed E-state index contributed by atoms with van der Waals surface area (Å²) in [5.41, 5.74) is 5.61. The zero-order chi connectivity index (χ0) is 11.1. The van der Waals surface area contributed by atoms with Crippen LogP contribution in [0, 0.1) is 0 Å². The maximum Gasteiger partial charge on any atom is 0.0790 e. The molecule has 1 atom stereocenters. The normalized spacial score (nSPS) is 12.7. The highest BCUT2D eigenvalue weighted by Crippen LogP contribution is 2.22. The fraction of sp³-hybridized carbons (Fsp3) is 0.455. The van der Waals surface area contributed by atoms with Crippen LogP contribution in [-0.4, -0.2) is 25.0 Å². The van der Waals surface area contributed by atoms with Gasteiger partial charge in [-0.15, -0.1) is 11.8 Å². The van der Waals surface area contributed by atoms with Crippen LogP contribution in [0.3, 0.4) is 0 Å². The van der Waals surface area contributed by atoms with E-state index in [1.165, 1.54) is 4.90 Å². The third-order valence-electron chi connectivity index (χ3n) is 1.90. The molecule has 2 nitrogen and oxygen atoms in total. The van der Waals surface area contributed by atoms with Gasteiger partial charge in [0.25, 0.3) is 0 Å². The SMILES string of the molecule is CCOC(CN)CSc1cccc(Br)c1. The van der Waals surface area contributed by atoms with Gasteiger partial charge >= 0.3 is 0 Å². The Balaban J connectivity index is 2.41. The maximum absolute atomic E-state index is 5.61. The van der Waals surface area contributed by atoms with Crippen molar-refractivity contribution < 1.29 is 4.74 Å². The van der Waals surface area contributed by atoms with E-state index in [0.717, 1.165) is 16.8 Å². The van der Waals surface area contributed by atoms with Gasteiger partial charge in [-0.05, 0) is 25.1 Å². The summed E-state index contributed by atoms with van der Waals surface area (Å²) in [6, 6.07) is 8.25. The molecular weight excluding hydrogens is 274 g/mol. The number of benzene rings is 1. The second-order valence-corrected chi connectivity index (χ2v) is 5.09. The molecule has 2 N–H and O–H groups in total. The molecule has 0 aromatic heterocycles. The lowest BCUT2D eigenvalue weighted by Gasteiger charge is -2.14. The van der Waals surface area contributed by atoms with E-state index in [9.17, 15) is 0 Å². The third-order valence-corrected chi connectivity index (χ3v) is 3.52. The quantitative estimate of drug-likeness (QED) is 0.818. The molecule has 4 heteroatoms. The number of hydrogen-bond acceptors (Lipinski definition) is 3. The van der Waals surface area contributed by atoms with Crippen LogP contribution in [0.4, 0.5) is 0 Å². The molecule has 0 aliphatic rings. The highest BCUT2D eigenvalue weighted by Gasteiger charge is 2.06. The first-order valence-electron chi connectivity index (χ1n) is 4.96. The molecule has 15 heavy (non-hydrogen) atoms. The van der Waals surface area contributed by atoms with Crippen LogP contribution in [0.5, 0.6) is 0 Å². The molecule has 0 heterocycles. The molecule has 0 saturated carbocycles. The monoisotopic (exact) mass is 289 g/mol. The van der Waals surface area contributed by atoms with Crippen molar-refractivity contribution in [3.05, 3.63) is 28.7 Å². The molecule has 0 radical (unpaired) electrons. The van der Waals surface area contributed by atoms with Crippen molar-refractivity contribution in [2.24, 2.45) is 5.73 Å². The van der Waals surface area contributed by atoms with E-state index in [4.69, 9.17) is 10.5 Å². The molecule has 0 bridgehead atoms. The number of hydrogen-bond donors (Lipinski definition) is 1. The molecule has 84 valence electrons. The molecule has 0 spiro atoms. The summed E-state index contributed by atoms with van der Waals surface area (Å²) >= 11 is 5.22. The summed E-state index contributed by atoms with van der Waals surface area (Å²) in [5.74, 6) is 0.904. The van der Waals surface area contributed by atoms with Crippen LogP contribution in [0.2, 0.25) is 0 Å². The largest absolute Gasteiger partial charge is 0.376 e. The lowest BCUT2D eigenvalue weighted by molar-refractivity contribution is 0.0858. The average molecular weight is 290 g/mol. The second kappa shape index (κ2) is 7.28. The molecule has 1 unspecified atom stereocenters. The van der Waals surface area contributed by atoms with Gasteiger partial charge in [-0.1, -0.05) is 22.0 Å². The minimum Gasteiger partial charge on any atom is -0.376 e. The topological polar surface area (TPSA) is 35.2 Å². The fourth-order valence-corrected chi connectivity index (χ4v) is 2.71. The Bertz CT molecular complexity index is 296. The minimum atomic E-state index is 0.152. The fourth-order valence-electron chi connectivity index (χ4n) is 1.17. The second-order valence-electron chi connectivity index (χ2n) is 3.08. The lowest BCUT2D eigenvalue weighted by Crippen LogP contribution is -2.26. The molecule has 1 aromatic carbocycles. The Morgan fingerprint density at radius 1 is 1.53 bits per heavy atom. The summed E-state index contributed by atoms with van der Waals surface area (Å²) < 4.78 is 6.59. The summed E-state index contributed by atoms with van der Waals surface area (Å²) in [6.07, 6.45) is 0.152. The van der Waals surface area contributed by atoms with Crippen molar-refractivity contribution in [3.8, 4) is 0 Å². The average Bonchev–Trinajstić information content (AvgIpc) is 2.24.